The van der Waals surface area contributed by atoms with Crippen LogP contribution in [0.15, 0.2) is 24.3 Å². The van der Waals surface area contributed by atoms with Crippen LogP contribution in [0.5, 0.6) is 5.75 Å². The quantitative estimate of drug-likeness (QED) is 0.602. The van der Waals surface area contributed by atoms with Crippen LogP contribution in [-0.4, -0.2) is 24.4 Å². The number of halogens is 5. The molecule has 0 radical (unpaired) electrons. The Labute approximate surface area is 117 Å². The van der Waals surface area contributed by atoms with Crippen molar-refractivity contribution in [2.75, 3.05) is 12.3 Å². The summed E-state index contributed by atoms with van der Waals surface area (Å²) in [6.45, 7) is -0.905. The third-order valence-corrected chi connectivity index (χ3v) is 3.16. The molecule has 0 aliphatic heterocycles. The molecule has 1 unspecified atom stereocenters. The molecular weight excluding hydrogens is 301 g/mol. The molecule has 114 valence electrons. The molecule has 0 saturated heterocycles. The number of hydrogen-bond acceptors (Lipinski definition) is 3. The minimum atomic E-state index is -4.22. The zero-order chi connectivity index (χ0) is 15.2. The summed E-state index contributed by atoms with van der Waals surface area (Å²) < 4.78 is 63.8. The van der Waals surface area contributed by atoms with Crippen molar-refractivity contribution in [2.45, 2.75) is 25.1 Å². The summed E-state index contributed by atoms with van der Waals surface area (Å²) in [4.78, 5) is 0. The summed E-state index contributed by atoms with van der Waals surface area (Å²) in [5.74, 6) is -0.0379. The van der Waals surface area contributed by atoms with E-state index >= 15 is 0 Å². The normalized spacial score (nSPS) is 13.6. The van der Waals surface area contributed by atoms with E-state index in [4.69, 9.17) is 0 Å². The topological polar surface area (TPSA) is 21.3 Å². The lowest BCUT2D eigenvalue weighted by atomic mass is 10.1. The molecule has 0 saturated carbocycles. The van der Waals surface area contributed by atoms with Crippen LogP contribution in [0.2, 0.25) is 0 Å². The Morgan fingerprint density at radius 1 is 1.20 bits per heavy atom. The standard InChI is InChI=1S/C12H14F5NOS/c1-8(18-6-7-20-12(15,16)17)9-2-4-10(5-3-9)19-11(13)14/h2-5,8,11,18H,6-7H2,1H3. The van der Waals surface area contributed by atoms with Crippen LogP contribution in [0.1, 0.15) is 18.5 Å². The molecule has 1 N–H and O–H groups in total. The van der Waals surface area contributed by atoms with E-state index in [2.05, 4.69) is 10.1 Å². The van der Waals surface area contributed by atoms with Gasteiger partial charge in [-0.2, -0.15) is 22.0 Å². The Morgan fingerprint density at radius 2 is 1.80 bits per heavy atom. The van der Waals surface area contributed by atoms with Crippen LogP contribution in [-0.2, 0) is 0 Å². The van der Waals surface area contributed by atoms with Crippen molar-refractivity contribution in [3.05, 3.63) is 29.8 Å². The van der Waals surface area contributed by atoms with Gasteiger partial charge in [0.1, 0.15) is 5.75 Å². The molecule has 0 aromatic heterocycles. The number of thioether (sulfide) groups is 1. The van der Waals surface area contributed by atoms with E-state index < -0.39 is 12.1 Å². The number of rotatable bonds is 7. The first kappa shape index (κ1) is 17.0. The monoisotopic (exact) mass is 315 g/mol. The van der Waals surface area contributed by atoms with Gasteiger partial charge in [-0.15, -0.1) is 0 Å². The highest BCUT2D eigenvalue weighted by atomic mass is 32.2. The second-order valence-electron chi connectivity index (χ2n) is 3.92. The molecule has 0 amide bonds. The first-order valence-electron chi connectivity index (χ1n) is 5.77. The number of ether oxygens (including phenoxy) is 1. The first-order valence-corrected chi connectivity index (χ1v) is 6.75. The minimum Gasteiger partial charge on any atom is -0.435 e. The third kappa shape index (κ3) is 6.95. The Hall–Kier alpha value is -1.02. The lowest BCUT2D eigenvalue weighted by molar-refractivity contribution is -0.0498. The summed E-state index contributed by atoms with van der Waals surface area (Å²) >= 11 is -0.0858. The van der Waals surface area contributed by atoms with Gasteiger partial charge < -0.3 is 10.1 Å². The van der Waals surface area contributed by atoms with Crippen LogP contribution in [0.4, 0.5) is 22.0 Å². The molecule has 0 heterocycles. The highest BCUT2D eigenvalue weighted by molar-refractivity contribution is 8.00. The molecule has 1 atom stereocenters. The van der Waals surface area contributed by atoms with Crippen LogP contribution in [0, 0.1) is 0 Å². The Bertz CT molecular complexity index is 396. The van der Waals surface area contributed by atoms with Gasteiger partial charge in [0, 0.05) is 18.3 Å². The van der Waals surface area contributed by atoms with Crippen LogP contribution >= 0.6 is 11.8 Å². The van der Waals surface area contributed by atoms with Crippen molar-refractivity contribution < 1.29 is 26.7 Å². The Morgan fingerprint density at radius 3 is 2.30 bits per heavy atom. The first-order chi connectivity index (χ1) is 9.28. The minimum absolute atomic E-state index is 0.0450. The molecule has 1 rings (SSSR count). The van der Waals surface area contributed by atoms with Crippen LogP contribution < -0.4 is 10.1 Å². The third-order valence-electron chi connectivity index (χ3n) is 2.42. The van der Waals surface area contributed by atoms with Crippen LogP contribution in [0.25, 0.3) is 0 Å². The molecule has 2 nitrogen and oxygen atoms in total. The van der Waals surface area contributed by atoms with Gasteiger partial charge in [0.15, 0.2) is 0 Å². The van der Waals surface area contributed by atoms with Gasteiger partial charge in [-0.05, 0) is 36.4 Å². The number of nitrogens with one attached hydrogen (secondary N) is 1. The van der Waals surface area contributed by atoms with E-state index in [-0.39, 0.29) is 35.9 Å². The predicted octanol–water partition coefficient (Wildman–Crippen LogP) is 4.19. The van der Waals surface area contributed by atoms with Crippen molar-refractivity contribution in [1.82, 2.24) is 5.32 Å². The average molecular weight is 315 g/mol. The number of alkyl halides is 5. The molecule has 0 bridgehead atoms. The van der Waals surface area contributed by atoms with E-state index in [0.29, 0.717) is 0 Å². The molecule has 0 fully saturated rings. The summed E-state index contributed by atoms with van der Waals surface area (Å²) in [5, 5.41) is 2.92. The fraction of sp³-hybridized carbons (Fsp3) is 0.500. The Kier molecular flexibility index (Phi) is 6.54. The zero-order valence-electron chi connectivity index (χ0n) is 10.6. The van der Waals surface area contributed by atoms with Gasteiger partial charge in [0.05, 0.1) is 0 Å². The Balaban J connectivity index is 2.38. The van der Waals surface area contributed by atoms with Crippen molar-refractivity contribution >= 4 is 11.8 Å². The second kappa shape index (κ2) is 7.68. The predicted molar refractivity (Wildman–Crippen MR) is 68.0 cm³/mol. The maximum absolute atomic E-state index is 12.0. The zero-order valence-corrected chi connectivity index (χ0v) is 11.4. The smallest absolute Gasteiger partial charge is 0.435 e. The van der Waals surface area contributed by atoms with Gasteiger partial charge in [0.25, 0.3) is 0 Å². The average Bonchev–Trinajstić information content (AvgIpc) is 2.33. The van der Waals surface area contributed by atoms with E-state index in [1.807, 2.05) is 0 Å². The van der Waals surface area contributed by atoms with Gasteiger partial charge in [0.2, 0.25) is 0 Å². The fourth-order valence-corrected chi connectivity index (χ4v) is 1.95. The van der Waals surface area contributed by atoms with E-state index in [0.717, 1.165) is 5.56 Å². The summed E-state index contributed by atoms with van der Waals surface area (Å²) in [7, 11) is 0. The number of benzene rings is 1. The number of hydrogen-bond donors (Lipinski definition) is 1. The molecule has 1 aromatic carbocycles. The van der Waals surface area contributed by atoms with Gasteiger partial charge in [-0.3, -0.25) is 0 Å². The van der Waals surface area contributed by atoms with Crippen molar-refractivity contribution in [1.29, 1.82) is 0 Å². The van der Waals surface area contributed by atoms with Gasteiger partial charge in [-0.25, -0.2) is 0 Å². The molecule has 0 aliphatic carbocycles. The van der Waals surface area contributed by atoms with Crippen molar-refractivity contribution in [3.63, 3.8) is 0 Å². The summed E-state index contributed by atoms with van der Waals surface area (Å²) in [6.07, 6.45) is 0. The highest BCUT2D eigenvalue weighted by Crippen LogP contribution is 2.29. The molecule has 8 heteroatoms. The maximum atomic E-state index is 12.0. The molecule has 0 spiro atoms. The lowest BCUT2D eigenvalue weighted by Gasteiger charge is -2.15. The van der Waals surface area contributed by atoms with Gasteiger partial charge in [-0.1, -0.05) is 12.1 Å². The fourth-order valence-electron chi connectivity index (χ4n) is 1.50. The van der Waals surface area contributed by atoms with Gasteiger partial charge >= 0.3 is 12.1 Å². The molecular formula is C12H14F5NOS. The van der Waals surface area contributed by atoms with E-state index in [9.17, 15) is 22.0 Å². The lowest BCUT2D eigenvalue weighted by Crippen LogP contribution is -2.22. The molecule has 1 aromatic rings. The van der Waals surface area contributed by atoms with E-state index in [1.54, 1.807) is 19.1 Å². The largest absolute Gasteiger partial charge is 0.441 e. The van der Waals surface area contributed by atoms with E-state index in [1.165, 1.54) is 12.1 Å². The molecule has 20 heavy (non-hydrogen) atoms. The summed E-state index contributed by atoms with van der Waals surface area (Å²) in [5.41, 5.74) is -3.44. The maximum Gasteiger partial charge on any atom is 0.441 e. The van der Waals surface area contributed by atoms with Crippen LogP contribution in [0.3, 0.4) is 0 Å². The highest BCUT2D eigenvalue weighted by Gasteiger charge is 2.27. The SMILES string of the molecule is CC(NCCSC(F)(F)F)c1ccc(OC(F)F)cc1. The molecule has 0 aliphatic rings. The summed E-state index contributed by atoms with van der Waals surface area (Å²) in [6, 6.07) is 5.79. The second-order valence-corrected chi connectivity index (χ2v) is 5.08. The van der Waals surface area contributed by atoms with Crippen molar-refractivity contribution in [3.8, 4) is 5.75 Å². The van der Waals surface area contributed by atoms with Crippen molar-refractivity contribution in [2.24, 2.45) is 0 Å².